The maximum Gasteiger partial charge on any atom is 0.321 e. The molecule has 1 fully saturated rings. The Bertz CT molecular complexity index is 518. The van der Waals surface area contributed by atoms with E-state index in [1.54, 1.807) is 17.4 Å². The molecule has 7 heteroatoms. The molecule has 1 aliphatic heterocycles. The number of thiophene rings is 1. The van der Waals surface area contributed by atoms with Crippen molar-refractivity contribution >= 4 is 23.3 Å². The van der Waals surface area contributed by atoms with Crippen LogP contribution >= 0.6 is 11.3 Å². The van der Waals surface area contributed by atoms with Gasteiger partial charge in [0.2, 0.25) is 5.91 Å². The summed E-state index contributed by atoms with van der Waals surface area (Å²) in [6.07, 6.45) is 2.60. The quantitative estimate of drug-likeness (QED) is 0.768. The van der Waals surface area contributed by atoms with E-state index in [-0.39, 0.29) is 12.5 Å². The van der Waals surface area contributed by atoms with Gasteiger partial charge < -0.3 is 5.32 Å². The minimum absolute atomic E-state index is 0.258. The first-order chi connectivity index (χ1) is 11.2. The van der Waals surface area contributed by atoms with E-state index in [1.165, 1.54) is 4.88 Å². The number of nitrogens with zero attached hydrogens (tertiary/aromatic N) is 2. The van der Waals surface area contributed by atoms with Gasteiger partial charge in [0.15, 0.2) is 0 Å². The van der Waals surface area contributed by atoms with Crippen molar-refractivity contribution in [2.24, 2.45) is 0 Å². The fourth-order valence-electron chi connectivity index (χ4n) is 2.54. The smallest absolute Gasteiger partial charge is 0.321 e. The highest BCUT2D eigenvalue weighted by molar-refractivity contribution is 7.09. The number of urea groups is 1. The zero-order valence-electron chi connectivity index (χ0n) is 13.3. The molecular weight excluding hydrogens is 312 g/mol. The molecule has 2 heterocycles. The fourth-order valence-corrected chi connectivity index (χ4v) is 3.29. The van der Waals surface area contributed by atoms with Crippen LogP contribution in [0.25, 0.3) is 0 Å². The van der Waals surface area contributed by atoms with Crippen LogP contribution in [0.2, 0.25) is 0 Å². The average molecular weight is 336 g/mol. The molecule has 0 bridgehead atoms. The van der Waals surface area contributed by atoms with Gasteiger partial charge in [-0.1, -0.05) is 12.1 Å². The molecule has 23 heavy (non-hydrogen) atoms. The molecule has 0 aliphatic carbocycles. The first-order valence-electron chi connectivity index (χ1n) is 7.83. The number of hydrogen-bond donors (Lipinski definition) is 2. The van der Waals surface area contributed by atoms with Crippen LogP contribution in [0.4, 0.5) is 4.79 Å². The lowest BCUT2D eigenvalue weighted by Crippen LogP contribution is -2.45. The topological polar surface area (TPSA) is 64.7 Å². The van der Waals surface area contributed by atoms with Crippen LogP contribution in [-0.2, 0) is 11.3 Å². The van der Waals surface area contributed by atoms with Crippen molar-refractivity contribution in [2.75, 3.05) is 39.3 Å². The number of imide groups is 1. The van der Waals surface area contributed by atoms with Crippen LogP contribution in [-0.4, -0.2) is 61.0 Å². The summed E-state index contributed by atoms with van der Waals surface area (Å²) in [5, 5.41) is 6.97. The highest BCUT2D eigenvalue weighted by atomic mass is 32.1. The third-order valence-corrected chi connectivity index (χ3v) is 4.53. The lowest BCUT2D eigenvalue weighted by Gasteiger charge is -2.20. The molecule has 1 saturated heterocycles. The summed E-state index contributed by atoms with van der Waals surface area (Å²) < 4.78 is 0. The first-order valence-corrected chi connectivity index (χ1v) is 8.71. The molecule has 0 unspecified atom stereocenters. The molecule has 1 aliphatic rings. The summed E-state index contributed by atoms with van der Waals surface area (Å²) in [7, 11) is 0. The monoisotopic (exact) mass is 336 g/mol. The van der Waals surface area contributed by atoms with Gasteiger partial charge in [-0.25, -0.2) is 4.79 Å². The van der Waals surface area contributed by atoms with Gasteiger partial charge in [-0.2, -0.15) is 0 Å². The summed E-state index contributed by atoms with van der Waals surface area (Å²) >= 11 is 1.78. The Morgan fingerprint density at radius 1 is 1.26 bits per heavy atom. The van der Waals surface area contributed by atoms with E-state index in [0.717, 1.165) is 39.1 Å². The van der Waals surface area contributed by atoms with Crippen LogP contribution < -0.4 is 10.6 Å². The molecule has 1 aromatic rings. The standard InChI is InChI=1S/C16H24N4O2S/c1-2-6-17-16(22)18-15(21)13-20-8-4-7-19(9-10-20)12-14-5-3-11-23-14/h2-3,5,11H,1,4,6-10,12-13H2,(H2,17,18,21,22). The molecule has 1 aromatic heterocycles. The van der Waals surface area contributed by atoms with Crippen molar-refractivity contribution in [3.05, 3.63) is 35.0 Å². The molecule has 2 N–H and O–H groups in total. The van der Waals surface area contributed by atoms with Crippen molar-refractivity contribution in [3.63, 3.8) is 0 Å². The predicted molar refractivity (Wildman–Crippen MR) is 92.4 cm³/mol. The molecule has 0 spiro atoms. The largest absolute Gasteiger partial charge is 0.334 e. The Hall–Kier alpha value is -1.70. The Morgan fingerprint density at radius 3 is 2.78 bits per heavy atom. The van der Waals surface area contributed by atoms with Crippen LogP contribution in [0.3, 0.4) is 0 Å². The molecule has 0 saturated carbocycles. The zero-order valence-corrected chi connectivity index (χ0v) is 14.1. The van der Waals surface area contributed by atoms with Crippen molar-refractivity contribution in [1.29, 1.82) is 0 Å². The van der Waals surface area contributed by atoms with Crippen molar-refractivity contribution < 1.29 is 9.59 Å². The minimum Gasteiger partial charge on any atom is -0.334 e. The normalized spacial score (nSPS) is 16.5. The highest BCUT2D eigenvalue weighted by Gasteiger charge is 2.18. The van der Waals surface area contributed by atoms with Gasteiger partial charge in [0.05, 0.1) is 6.54 Å². The van der Waals surface area contributed by atoms with Gasteiger partial charge >= 0.3 is 6.03 Å². The molecule has 3 amide bonds. The van der Waals surface area contributed by atoms with Crippen molar-refractivity contribution in [1.82, 2.24) is 20.4 Å². The number of carbonyl (C=O) groups is 2. The SMILES string of the molecule is C=CCNC(=O)NC(=O)CN1CCCN(Cc2cccs2)CC1. The van der Waals surface area contributed by atoms with Gasteiger partial charge in [-0.15, -0.1) is 17.9 Å². The molecule has 6 nitrogen and oxygen atoms in total. The summed E-state index contributed by atoms with van der Waals surface area (Å²) in [4.78, 5) is 29.2. The minimum atomic E-state index is -0.468. The number of nitrogens with one attached hydrogen (secondary N) is 2. The third kappa shape index (κ3) is 6.52. The maximum atomic E-state index is 11.9. The molecule has 2 rings (SSSR count). The Kier molecular flexibility index (Phi) is 7.25. The second-order valence-corrected chi connectivity index (χ2v) is 6.56. The number of amides is 3. The number of rotatable bonds is 6. The fraction of sp³-hybridized carbons (Fsp3) is 0.500. The second-order valence-electron chi connectivity index (χ2n) is 5.53. The van der Waals surface area contributed by atoms with E-state index in [4.69, 9.17) is 0 Å². The Balaban J connectivity index is 1.71. The van der Waals surface area contributed by atoms with E-state index < -0.39 is 6.03 Å². The van der Waals surface area contributed by atoms with Crippen molar-refractivity contribution in [3.8, 4) is 0 Å². The van der Waals surface area contributed by atoms with E-state index in [1.807, 2.05) is 0 Å². The van der Waals surface area contributed by atoms with Gasteiger partial charge in [0, 0.05) is 31.1 Å². The molecule has 0 aromatic carbocycles. The van der Waals surface area contributed by atoms with Gasteiger partial charge in [-0.05, 0) is 31.0 Å². The predicted octanol–water partition coefficient (Wildman–Crippen LogP) is 1.27. The maximum absolute atomic E-state index is 11.9. The van der Waals surface area contributed by atoms with Gasteiger partial charge in [0.25, 0.3) is 0 Å². The summed E-state index contributed by atoms with van der Waals surface area (Å²) in [6.45, 7) is 8.78. The van der Waals surface area contributed by atoms with Crippen LogP contribution in [0, 0.1) is 0 Å². The first kappa shape index (κ1) is 17.7. The molecule has 0 atom stereocenters. The van der Waals surface area contributed by atoms with Crippen LogP contribution in [0.5, 0.6) is 0 Å². The number of hydrogen-bond acceptors (Lipinski definition) is 5. The van der Waals surface area contributed by atoms with Crippen LogP contribution in [0.15, 0.2) is 30.2 Å². The number of carbonyl (C=O) groups excluding carboxylic acids is 2. The van der Waals surface area contributed by atoms with Crippen molar-refractivity contribution in [2.45, 2.75) is 13.0 Å². The summed E-state index contributed by atoms with van der Waals surface area (Å²) in [5.74, 6) is -0.265. The summed E-state index contributed by atoms with van der Waals surface area (Å²) in [6, 6.07) is 3.76. The third-order valence-electron chi connectivity index (χ3n) is 3.67. The lowest BCUT2D eigenvalue weighted by molar-refractivity contribution is -0.121. The Morgan fingerprint density at radius 2 is 2.04 bits per heavy atom. The molecule has 0 radical (unpaired) electrons. The highest BCUT2D eigenvalue weighted by Crippen LogP contribution is 2.13. The second kappa shape index (κ2) is 9.44. The van der Waals surface area contributed by atoms with E-state index >= 15 is 0 Å². The van der Waals surface area contributed by atoms with Crippen LogP contribution in [0.1, 0.15) is 11.3 Å². The van der Waals surface area contributed by atoms with Gasteiger partial charge in [0.1, 0.15) is 0 Å². The summed E-state index contributed by atoms with van der Waals surface area (Å²) in [5.41, 5.74) is 0. The van der Waals surface area contributed by atoms with E-state index in [9.17, 15) is 9.59 Å². The zero-order chi connectivity index (χ0) is 16.5. The van der Waals surface area contributed by atoms with E-state index in [0.29, 0.717) is 6.54 Å². The molecule has 126 valence electrons. The molecular formula is C16H24N4O2S. The lowest BCUT2D eigenvalue weighted by atomic mass is 10.3. The Labute approximate surface area is 141 Å². The van der Waals surface area contributed by atoms with Gasteiger partial charge in [-0.3, -0.25) is 19.9 Å². The average Bonchev–Trinajstić information content (AvgIpc) is 2.93. The van der Waals surface area contributed by atoms with E-state index in [2.05, 4.69) is 44.5 Å².